The number of nitrogens with zero attached hydrogens (tertiary/aromatic N) is 2. The van der Waals surface area contributed by atoms with E-state index in [-0.39, 0.29) is 5.82 Å². The van der Waals surface area contributed by atoms with Gasteiger partial charge in [-0.05, 0) is 42.5 Å². The normalized spacial score (nSPS) is 16.4. The minimum Gasteiger partial charge on any atom is -0.399 e. The minimum absolute atomic E-state index is 0.377. The highest BCUT2D eigenvalue weighted by Gasteiger charge is 2.34. The van der Waals surface area contributed by atoms with E-state index in [1.165, 1.54) is 12.1 Å². The van der Waals surface area contributed by atoms with Crippen LogP contribution in [0, 0.1) is 5.82 Å². The Labute approximate surface area is 147 Å². The van der Waals surface area contributed by atoms with Crippen molar-refractivity contribution in [1.82, 2.24) is 20.4 Å². The number of nitrogens with two attached hydrogens (primary N) is 1. The Morgan fingerprint density at radius 3 is 2.54 bits per heavy atom. The summed E-state index contributed by atoms with van der Waals surface area (Å²) in [6, 6.07) is 11.4. The molecule has 2 heterocycles. The number of anilines is 1. The molecule has 4 rings (SSSR count). The molecule has 1 aliphatic heterocycles. The molecule has 4 N–H and O–H groups in total. The second-order valence-corrected chi connectivity index (χ2v) is 5.88. The van der Waals surface area contributed by atoms with Crippen molar-refractivity contribution in [3.05, 3.63) is 66.1 Å². The number of benzene rings is 2. The van der Waals surface area contributed by atoms with Crippen LogP contribution in [-0.4, -0.2) is 21.7 Å². The molecule has 0 radical (unpaired) electrons. The van der Waals surface area contributed by atoms with Gasteiger partial charge >= 0.3 is 6.03 Å². The third kappa shape index (κ3) is 2.77. The first-order valence-corrected chi connectivity index (χ1v) is 7.84. The second-order valence-electron chi connectivity index (χ2n) is 5.88. The SMILES string of the molecule is Nc1cccc(-n2cc(C3NC(=O)NC3=O)c(-c3ccc(F)cc3)n2)c1. The maximum Gasteiger partial charge on any atom is 0.322 e. The second kappa shape index (κ2) is 5.99. The first kappa shape index (κ1) is 15.8. The van der Waals surface area contributed by atoms with Gasteiger partial charge in [0.15, 0.2) is 0 Å². The standard InChI is InChI=1S/C18H14FN5O2/c19-11-6-4-10(5-7-11)15-14(16-17(25)22-18(26)21-16)9-24(23-15)13-3-1-2-12(20)8-13/h1-9,16H,20H2,(H2,21,22,25,26). The van der Waals surface area contributed by atoms with Gasteiger partial charge in [0.25, 0.3) is 5.91 Å². The van der Waals surface area contributed by atoms with Gasteiger partial charge in [0.1, 0.15) is 11.9 Å². The van der Waals surface area contributed by atoms with Gasteiger partial charge in [-0.1, -0.05) is 6.07 Å². The number of amides is 3. The van der Waals surface area contributed by atoms with Crippen molar-refractivity contribution >= 4 is 17.6 Å². The van der Waals surface area contributed by atoms with Crippen LogP contribution in [0.5, 0.6) is 0 Å². The average molecular weight is 351 g/mol. The zero-order chi connectivity index (χ0) is 18.3. The van der Waals surface area contributed by atoms with Crippen LogP contribution in [0.15, 0.2) is 54.7 Å². The molecular weight excluding hydrogens is 337 g/mol. The third-order valence-corrected chi connectivity index (χ3v) is 4.08. The number of hydrogen-bond acceptors (Lipinski definition) is 4. The Morgan fingerprint density at radius 1 is 1.12 bits per heavy atom. The lowest BCUT2D eigenvalue weighted by Gasteiger charge is -2.07. The summed E-state index contributed by atoms with van der Waals surface area (Å²) in [6.45, 7) is 0. The van der Waals surface area contributed by atoms with Gasteiger partial charge in [0, 0.05) is 23.0 Å². The van der Waals surface area contributed by atoms with Crippen LogP contribution in [0.25, 0.3) is 16.9 Å². The highest BCUT2D eigenvalue weighted by atomic mass is 19.1. The van der Waals surface area contributed by atoms with Crippen LogP contribution in [-0.2, 0) is 4.79 Å². The van der Waals surface area contributed by atoms with E-state index in [0.717, 1.165) is 0 Å². The van der Waals surface area contributed by atoms with Crippen LogP contribution in [0.1, 0.15) is 11.6 Å². The summed E-state index contributed by atoms with van der Waals surface area (Å²) >= 11 is 0. The molecule has 1 aromatic heterocycles. The first-order valence-electron chi connectivity index (χ1n) is 7.84. The molecule has 26 heavy (non-hydrogen) atoms. The fraction of sp³-hybridized carbons (Fsp3) is 0.0556. The molecule has 8 heteroatoms. The highest BCUT2D eigenvalue weighted by Crippen LogP contribution is 2.30. The van der Waals surface area contributed by atoms with Gasteiger partial charge in [-0.3, -0.25) is 10.1 Å². The Bertz CT molecular complexity index is 1010. The summed E-state index contributed by atoms with van der Waals surface area (Å²) in [5.41, 5.74) is 8.68. The van der Waals surface area contributed by atoms with E-state index in [1.807, 2.05) is 6.07 Å². The van der Waals surface area contributed by atoms with Crippen LogP contribution in [0.4, 0.5) is 14.9 Å². The smallest absolute Gasteiger partial charge is 0.322 e. The van der Waals surface area contributed by atoms with Gasteiger partial charge in [-0.15, -0.1) is 0 Å². The molecule has 0 bridgehead atoms. The molecule has 3 amide bonds. The topological polar surface area (TPSA) is 102 Å². The average Bonchev–Trinajstić information content (AvgIpc) is 3.18. The fourth-order valence-electron chi connectivity index (χ4n) is 2.87. The van der Waals surface area contributed by atoms with Crippen molar-refractivity contribution in [1.29, 1.82) is 0 Å². The van der Waals surface area contributed by atoms with Crippen LogP contribution >= 0.6 is 0 Å². The maximum absolute atomic E-state index is 13.3. The molecule has 3 aromatic rings. The van der Waals surface area contributed by atoms with E-state index in [4.69, 9.17) is 5.73 Å². The number of urea groups is 1. The third-order valence-electron chi connectivity index (χ3n) is 4.08. The minimum atomic E-state index is -0.877. The van der Waals surface area contributed by atoms with Crippen LogP contribution < -0.4 is 16.4 Å². The summed E-state index contributed by atoms with van der Waals surface area (Å²) < 4.78 is 14.8. The van der Waals surface area contributed by atoms with E-state index < -0.39 is 18.0 Å². The number of nitrogen functional groups attached to an aromatic ring is 1. The van der Waals surface area contributed by atoms with Crippen molar-refractivity contribution in [2.24, 2.45) is 0 Å². The molecule has 0 spiro atoms. The van der Waals surface area contributed by atoms with Crippen LogP contribution in [0.2, 0.25) is 0 Å². The summed E-state index contributed by atoms with van der Waals surface area (Å²) in [7, 11) is 0. The number of halogens is 1. The molecular formula is C18H14FN5O2. The summed E-state index contributed by atoms with van der Waals surface area (Å²) in [6.07, 6.45) is 1.66. The molecule has 1 unspecified atom stereocenters. The van der Waals surface area contributed by atoms with E-state index in [2.05, 4.69) is 15.7 Å². The van der Waals surface area contributed by atoms with Gasteiger partial charge in [0.2, 0.25) is 0 Å². The van der Waals surface area contributed by atoms with Gasteiger partial charge < -0.3 is 11.1 Å². The quantitative estimate of drug-likeness (QED) is 0.497. The number of imide groups is 1. The van der Waals surface area contributed by atoms with E-state index in [1.54, 1.807) is 41.2 Å². The molecule has 7 nitrogen and oxygen atoms in total. The monoisotopic (exact) mass is 351 g/mol. The number of carbonyl (C=O) groups is 2. The lowest BCUT2D eigenvalue weighted by molar-refractivity contribution is -0.120. The molecule has 0 saturated carbocycles. The van der Waals surface area contributed by atoms with Crippen molar-refractivity contribution in [2.45, 2.75) is 6.04 Å². The summed E-state index contributed by atoms with van der Waals surface area (Å²) in [4.78, 5) is 23.6. The Morgan fingerprint density at radius 2 is 1.88 bits per heavy atom. The van der Waals surface area contributed by atoms with Crippen molar-refractivity contribution in [3.63, 3.8) is 0 Å². The number of nitrogens with one attached hydrogen (secondary N) is 2. The zero-order valence-corrected chi connectivity index (χ0v) is 13.4. The largest absolute Gasteiger partial charge is 0.399 e. The predicted octanol–water partition coefficient (Wildman–Crippen LogP) is 2.14. The van der Waals surface area contributed by atoms with Gasteiger partial charge in [0.05, 0.1) is 11.4 Å². The molecule has 1 aliphatic rings. The van der Waals surface area contributed by atoms with E-state index in [0.29, 0.717) is 28.2 Å². The number of rotatable bonds is 3. The molecule has 130 valence electrons. The van der Waals surface area contributed by atoms with Gasteiger partial charge in [-0.25, -0.2) is 13.9 Å². The highest BCUT2D eigenvalue weighted by molar-refractivity contribution is 6.05. The Hall–Kier alpha value is -3.68. The summed E-state index contributed by atoms with van der Waals surface area (Å²) in [5.74, 6) is -0.844. The predicted molar refractivity (Wildman–Crippen MR) is 92.8 cm³/mol. The Balaban J connectivity index is 1.86. The molecule has 2 aromatic carbocycles. The van der Waals surface area contributed by atoms with Gasteiger partial charge in [-0.2, -0.15) is 5.10 Å². The van der Waals surface area contributed by atoms with Crippen molar-refractivity contribution in [3.8, 4) is 16.9 Å². The lowest BCUT2D eigenvalue weighted by Crippen LogP contribution is -2.22. The van der Waals surface area contributed by atoms with Crippen LogP contribution in [0.3, 0.4) is 0 Å². The maximum atomic E-state index is 13.3. The summed E-state index contributed by atoms with van der Waals surface area (Å²) in [5, 5.41) is 9.30. The first-order chi connectivity index (χ1) is 12.5. The van der Waals surface area contributed by atoms with E-state index >= 15 is 0 Å². The number of hydrogen-bond donors (Lipinski definition) is 3. The molecule has 1 saturated heterocycles. The zero-order valence-electron chi connectivity index (χ0n) is 13.4. The van der Waals surface area contributed by atoms with Crippen molar-refractivity contribution < 1.29 is 14.0 Å². The fourth-order valence-corrected chi connectivity index (χ4v) is 2.87. The molecule has 0 aliphatic carbocycles. The van der Waals surface area contributed by atoms with E-state index in [9.17, 15) is 14.0 Å². The number of aromatic nitrogens is 2. The Kier molecular flexibility index (Phi) is 3.65. The molecule has 1 fully saturated rings. The number of carbonyl (C=O) groups excluding carboxylic acids is 2. The molecule has 1 atom stereocenters. The van der Waals surface area contributed by atoms with Crippen molar-refractivity contribution in [2.75, 3.05) is 5.73 Å². The lowest BCUT2D eigenvalue weighted by atomic mass is 10.0.